The minimum absolute atomic E-state index is 0.453. The van der Waals surface area contributed by atoms with Crippen molar-refractivity contribution >= 4 is 5.95 Å². The van der Waals surface area contributed by atoms with Gasteiger partial charge in [0.25, 0.3) is 0 Å². The molecular weight excluding hydrogens is 140 g/mol. The van der Waals surface area contributed by atoms with Crippen LogP contribution in [0.25, 0.3) is 0 Å². The van der Waals surface area contributed by atoms with Gasteiger partial charge in [-0.25, -0.2) is 15.8 Å². The van der Waals surface area contributed by atoms with Crippen molar-refractivity contribution in [1.29, 1.82) is 0 Å². The molecule has 0 radical (unpaired) electrons. The maximum atomic E-state index is 5.10. The van der Waals surface area contributed by atoms with Crippen molar-refractivity contribution in [3.05, 3.63) is 18.0 Å². The van der Waals surface area contributed by atoms with Gasteiger partial charge in [-0.3, -0.25) is 5.43 Å². The molecule has 0 amide bonds. The summed E-state index contributed by atoms with van der Waals surface area (Å²) in [6, 6.07) is 0. The van der Waals surface area contributed by atoms with Gasteiger partial charge in [0, 0.05) is 12.4 Å². The molecule has 1 aromatic heterocycles. The molecule has 4 heteroatoms. The van der Waals surface area contributed by atoms with Gasteiger partial charge in [-0.2, -0.15) is 0 Å². The van der Waals surface area contributed by atoms with Crippen molar-refractivity contribution in [2.24, 2.45) is 5.84 Å². The summed E-state index contributed by atoms with van der Waals surface area (Å²) in [4.78, 5) is 7.94. The molecule has 0 unspecified atom stereocenters. The summed E-state index contributed by atoms with van der Waals surface area (Å²) in [5.41, 5.74) is 3.49. The first-order chi connectivity index (χ1) is 5.24. The fraction of sp³-hybridized carbons (Fsp3) is 0.429. The highest BCUT2D eigenvalue weighted by Crippen LogP contribution is 2.11. The number of hydrogen-bond acceptors (Lipinski definition) is 4. The molecule has 1 aromatic rings. The Morgan fingerprint density at radius 3 is 2.27 bits per heavy atom. The van der Waals surface area contributed by atoms with Crippen LogP contribution in [0.4, 0.5) is 5.95 Å². The van der Waals surface area contributed by atoms with Gasteiger partial charge >= 0.3 is 0 Å². The second-order valence-corrected chi connectivity index (χ2v) is 2.64. The fourth-order valence-corrected chi connectivity index (χ4v) is 0.711. The molecule has 3 N–H and O–H groups in total. The number of hydrogen-bond donors (Lipinski definition) is 2. The SMILES string of the molecule is CC(C)c1cnc(NN)nc1. The summed E-state index contributed by atoms with van der Waals surface area (Å²) in [5, 5.41) is 0. The van der Waals surface area contributed by atoms with Crippen LogP contribution in [0.1, 0.15) is 25.3 Å². The molecule has 0 aliphatic rings. The minimum atomic E-state index is 0.453. The summed E-state index contributed by atoms with van der Waals surface area (Å²) in [5.74, 6) is 6.01. The molecule has 0 bridgehead atoms. The third kappa shape index (κ3) is 1.88. The van der Waals surface area contributed by atoms with E-state index in [9.17, 15) is 0 Å². The number of nitrogen functional groups attached to an aromatic ring is 1. The van der Waals surface area contributed by atoms with Crippen LogP contribution in [0.15, 0.2) is 12.4 Å². The van der Waals surface area contributed by atoms with E-state index in [1.807, 2.05) is 0 Å². The molecule has 0 fully saturated rings. The van der Waals surface area contributed by atoms with Gasteiger partial charge in [-0.1, -0.05) is 13.8 Å². The van der Waals surface area contributed by atoms with Crippen LogP contribution >= 0.6 is 0 Å². The summed E-state index contributed by atoms with van der Waals surface area (Å²) in [6.07, 6.45) is 3.54. The zero-order chi connectivity index (χ0) is 8.27. The monoisotopic (exact) mass is 152 g/mol. The Balaban J connectivity index is 2.83. The number of nitrogens with two attached hydrogens (primary N) is 1. The quantitative estimate of drug-likeness (QED) is 0.488. The predicted octanol–water partition coefficient (Wildman–Crippen LogP) is 0.886. The molecule has 0 aliphatic heterocycles. The predicted molar refractivity (Wildman–Crippen MR) is 43.9 cm³/mol. The molecular formula is C7H12N4. The van der Waals surface area contributed by atoms with E-state index in [0.717, 1.165) is 5.56 Å². The molecule has 4 nitrogen and oxygen atoms in total. The van der Waals surface area contributed by atoms with Gasteiger partial charge in [0.05, 0.1) is 0 Å². The van der Waals surface area contributed by atoms with E-state index in [4.69, 9.17) is 5.84 Å². The minimum Gasteiger partial charge on any atom is -0.292 e. The van der Waals surface area contributed by atoms with E-state index in [2.05, 4.69) is 29.2 Å². The van der Waals surface area contributed by atoms with Crippen molar-refractivity contribution < 1.29 is 0 Å². The zero-order valence-corrected chi connectivity index (χ0v) is 6.70. The Morgan fingerprint density at radius 1 is 1.36 bits per heavy atom. The molecule has 0 aliphatic carbocycles. The van der Waals surface area contributed by atoms with Gasteiger partial charge in [0.1, 0.15) is 0 Å². The van der Waals surface area contributed by atoms with Gasteiger partial charge in [-0.05, 0) is 11.5 Å². The second-order valence-electron chi connectivity index (χ2n) is 2.64. The maximum absolute atomic E-state index is 5.10. The van der Waals surface area contributed by atoms with Gasteiger partial charge < -0.3 is 0 Å². The summed E-state index contributed by atoms with van der Waals surface area (Å²) >= 11 is 0. The highest BCUT2D eigenvalue weighted by atomic mass is 15.3. The summed E-state index contributed by atoms with van der Waals surface area (Å²) in [6.45, 7) is 4.18. The Labute approximate surface area is 65.8 Å². The molecule has 0 saturated carbocycles. The molecule has 1 rings (SSSR count). The van der Waals surface area contributed by atoms with Crippen LogP contribution in [-0.2, 0) is 0 Å². The average Bonchev–Trinajstić information content (AvgIpc) is 2.05. The second kappa shape index (κ2) is 3.30. The molecule has 0 saturated heterocycles. The zero-order valence-electron chi connectivity index (χ0n) is 6.70. The van der Waals surface area contributed by atoms with Gasteiger partial charge in [-0.15, -0.1) is 0 Å². The van der Waals surface area contributed by atoms with Crippen molar-refractivity contribution in [1.82, 2.24) is 9.97 Å². The third-order valence-corrected chi connectivity index (χ3v) is 1.47. The first kappa shape index (κ1) is 7.94. The lowest BCUT2D eigenvalue weighted by atomic mass is 10.1. The number of hydrazine groups is 1. The van der Waals surface area contributed by atoms with E-state index < -0.39 is 0 Å². The first-order valence-electron chi connectivity index (χ1n) is 3.52. The Morgan fingerprint density at radius 2 is 1.91 bits per heavy atom. The van der Waals surface area contributed by atoms with Crippen molar-refractivity contribution in [3.63, 3.8) is 0 Å². The molecule has 0 aromatic carbocycles. The Bertz CT molecular complexity index is 216. The molecule has 11 heavy (non-hydrogen) atoms. The topological polar surface area (TPSA) is 63.8 Å². The molecule has 60 valence electrons. The highest BCUT2D eigenvalue weighted by molar-refractivity contribution is 5.23. The number of nitrogens with one attached hydrogen (secondary N) is 1. The Hall–Kier alpha value is -1.16. The number of aromatic nitrogens is 2. The Kier molecular flexibility index (Phi) is 2.38. The van der Waals surface area contributed by atoms with E-state index in [1.165, 1.54) is 0 Å². The van der Waals surface area contributed by atoms with Crippen molar-refractivity contribution in [3.8, 4) is 0 Å². The highest BCUT2D eigenvalue weighted by Gasteiger charge is 1.99. The lowest BCUT2D eigenvalue weighted by Crippen LogP contribution is -2.10. The summed E-state index contributed by atoms with van der Waals surface area (Å²) in [7, 11) is 0. The van der Waals surface area contributed by atoms with E-state index in [-0.39, 0.29) is 0 Å². The van der Waals surface area contributed by atoms with Crippen LogP contribution < -0.4 is 11.3 Å². The van der Waals surface area contributed by atoms with Crippen molar-refractivity contribution in [2.75, 3.05) is 5.43 Å². The van der Waals surface area contributed by atoms with Crippen LogP contribution in [0, 0.1) is 0 Å². The van der Waals surface area contributed by atoms with Crippen LogP contribution in [0.3, 0.4) is 0 Å². The van der Waals surface area contributed by atoms with Crippen LogP contribution in [0.5, 0.6) is 0 Å². The van der Waals surface area contributed by atoms with Crippen LogP contribution in [0.2, 0.25) is 0 Å². The summed E-state index contributed by atoms with van der Waals surface area (Å²) < 4.78 is 0. The standard InChI is InChI=1S/C7H12N4/c1-5(2)6-3-9-7(11-8)10-4-6/h3-5H,8H2,1-2H3,(H,9,10,11). The normalized spacial score (nSPS) is 10.2. The lowest BCUT2D eigenvalue weighted by Gasteiger charge is -2.03. The number of anilines is 1. The van der Waals surface area contributed by atoms with E-state index >= 15 is 0 Å². The van der Waals surface area contributed by atoms with E-state index in [1.54, 1.807) is 12.4 Å². The number of rotatable bonds is 2. The molecule has 0 spiro atoms. The third-order valence-electron chi connectivity index (χ3n) is 1.47. The molecule has 0 atom stereocenters. The van der Waals surface area contributed by atoms with Crippen LogP contribution in [-0.4, -0.2) is 9.97 Å². The molecule has 1 heterocycles. The van der Waals surface area contributed by atoms with Gasteiger partial charge in [0.15, 0.2) is 0 Å². The largest absolute Gasteiger partial charge is 0.292 e. The fourth-order valence-electron chi connectivity index (χ4n) is 0.711. The average molecular weight is 152 g/mol. The maximum Gasteiger partial charge on any atom is 0.237 e. The first-order valence-corrected chi connectivity index (χ1v) is 3.52. The van der Waals surface area contributed by atoms with Gasteiger partial charge in [0.2, 0.25) is 5.95 Å². The lowest BCUT2D eigenvalue weighted by molar-refractivity contribution is 0.846. The van der Waals surface area contributed by atoms with Crippen molar-refractivity contribution in [2.45, 2.75) is 19.8 Å². The smallest absolute Gasteiger partial charge is 0.237 e. The number of nitrogens with zero attached hydrogens (tertiary/aromatic N) is 2. The van der Waals surface area contributed by atoms with E-state index in [0.29, 0.717) is 11.9 Å².